The van der Waals surface area contributed by atoms with Crippen LogP contribution in [0, 0.1) is 10.1 Å². The van der Waals surface area contributed by atoms with Gasteiger partial charge in [-0.15, -0.1) is 0 Å². The van der Waals surface area contributed by atoms with E-state index in [2.05, 4.69) is 5.32 Å². The molecule has 1 amide bonds. The summed E-state index contributed by atoms with van der Waals surface area (Å²) in [5, 5.41) is 14.0. The van der Waals surface area contributed by atoms with Crippen molar-refractivity contribution in [1.82, 2.24) is 4.90 Å². The molecule has 1 aliphatic carbocycles. The van der Waals surface area contributed by atoms with Crippen molar-refractivity contribution in [3.8, 4) is 0 Å². The van der Waals surface area contributed by atoms with Crippen LogP contribution in [0.25, 0.3) is 0 Å². The molecule has 1 aromatic carbocycles. The Balaban J connectivity index is 2.25. The van der Waals surface area contributed by atoms with Gasteiger partial charge in [-0.3, -0.25) is 14.9 Å². The molecule has 108 valence electrons. The lowest BCUT2D eigenvalue weighted by atomic mass is 9.91. The van der Waals surface area contributed by atoms with E-state index in [1.54, 1.807) is 24.1 Å². The number of nitro benzene ring substituents is 1. The highest BCUT2D eigenvalue weighted by atomic mass is 16.6. The van der Waals surface area contributed by atoms with Gasteiger partial charge in [-0.2, -0.15) is 0 Å². The second-order valence-electron chi connectivity index (χ2n) is 5.02. The summed E-state index contributed by atoms with van der Waals surface area (Å²) in [4.78, 5) is 24.6. The normalized spacial score (nSPS) is 14.5. The Hall–Kier alpha value is -2.11. The number of hydrogen-bond donors (Lipinski definition) is 1. The van der Waals surface area contributed by atoms with Crippen LogP contribution >= 0.6 is 0 Å². The van der Waals surface area contributed by atoms with Crippen LogP contribution in [-0.2, 0) is 0 Å². The van der Waals surface area contributed by atoms with Crippen LogP contribution < -0.4 is 5.32 Å². The van der Waals surface area contributed by atoms with Gasteiger partial charge in [0.15, 0.2) is 0 Å². The van der Waals surface area contributed by atoms with Crippen LogP contribution in [0.1, 0.15) is 36.5 Å². The summed E-state index contributed by atoms with van der Waals surface area (Å²) in [5.41, 5.74) is 0.757. The Morgan fingerprint density at radius 1 is 1.50 bits per heavy atom. The predicted molar refractivity (Wildman–Crippen MR) is 77.0 cm³/mol. The Morgan fingerprint density at radius 3 is 2.70 bits per heavy atom. The van der Waals surface area contributed by atoms with E-state index in [1.807, 2.05) is 6.92 Å². The molecular weight excluding hydrogens is 258 g/mol. The molecule has 1 fully saturated rings. The Bertz CT molecular complexity index is 526. The third-order valence-electron chi connectivity index (χ3n) is 3.75. The minimum Gasteiger partial charge on any atom is -0.380 e. The van der Waals surface area contributed by atoms with Crippen molar-refractivity contribution in [3.63, 3.8) is 0 Å². The standard InChI is InChI=1S/C14H19N3O3/c1-3-15-12-8-7-10(9-13(12)17(19)20)14(18)16(2)11-5-4-6-11/h7-9,11,15H,3-6H2,1-2H3. The molecule has 0 saturated heterocycles. The monoisotopic (exact) mass is 277 g/mol. The number of nitrogens with zero attached hydrogens (tertiary/aromatic N) is 2. The zero-order valence-electron chi connectivity index (χ0n) is 11.8. The highest BCUT2D eigenvalue weighted by Crippen LogP contribution is 2.28. The lowest BCUT2D eigenvalue weighted by molar-refractivity contribution is -0.384. The average molecular weight is 277 g/mol. The van der Waals surface area contributed by atoms with Crippen LogP contribution in [0.5, 0.6) is 0 Å². The van der Waals surface area contributed by atoms with E-state index in [-0.39, 0.29) is 17.6 Å². The van der Waals surface area contributed by atoms with Crippen molar-refractivity contribution in [2.75, 3.05) is 18.9 Å². The lowest BCUT2D eigenvalue weighted by Crippen LogP contribution is -2.41. The topological polar surface area (TPSA) is 75.5 Å². The van der Waals surface area contributed by atoms with Gasteiger partial charge >= 0.3 is 0 Å². The van der Waals surface area contributed by atoms with E-state index in [1.165, 1.54) is 6.07 Å². The zero-order valence-corrected chi connectivity index (χ0v) is 11.8. The van der Waals surface area contributed by atoms with Gasteiger partial charge in [0.25, 0.3) is 11.6 Å². The van der Waals surface area contributed by atoms with E-state index in [0.717, 1.165) is 19.3 Å². The van der Waals surface area contributed by atoms with Gasteiger partial charge in [0.05, 0.1) is 4.92 Å². The number of anilines is 1. The number of carbonyl (C=O) groups excluding carboxylic acids is 1. The first-order valence-corrected chi connectivity index (χ1v) is 6.84. The molecule has 0 aromatic heterocycles. The SMILES string of the molecule is CCNc1ccc(C(=O)N(C)C2CCC2)cc1[N+](=O)[O-]. The zero-order chi connectivity index (χ0) is 14.7. The van der Waals surface area contributed by atoms with Crippen molar-refractivity contribution >= 4 is 17.3 Å². The second kappa shape index (κ2) is 5.90. The van der Waals surface area contributed by atoms with E-state index < -0.39 is 4.92 Å². The molecule has 6 heteroatoms. The molecule has 20 heavy (non-hydrogen) atoms. The summed E-state index contributed by atoms with van der Waals surface area (Å²) in [6.45, 7) is 2.46. The van der Waals surface area contributed by atoms with Crippen molar-refractivity contribution in [2.45, 2.75) is 32.2 Å². The summed E-state index contributed by atoms with van der Waals surface area (Å²) in [6, 6.07) is 4.87. The molecule has 6 nitrogen and oxygen atoms in total. The maximum atomic E-state index is 12.3. The molecule has 2 rings (SSSR count). The highest BCUT2D eigenvalue weighted by molar-refractivity contribution is 5.95. The number of carbonyl (C=O) groups is 1. The molecule has 1 saturated carbocycles. The summed E-state index contributed by atoms with van der Waals surface area (Å²) in [7, 11) is 1.76. The number of nitrogens with one attached hydrogen (secondary N) is 1. The number of amides is 1. The van der Waals surface area contributed by atoms with Crippen molar-refractivity contribution in [2.24, 2.45) is 0 Å². The van der Waals surface area contributed by atoms with Gasteiger partial charge in [-0.25, -0.2) is 0 Å². The van der Waals surface area contributed by atoms with Crippen LogP contribution in [0.2, 0.25) is 0 Å². The molecule has 0 unspecified atom stereocenters. The highest BCUT2D eigenvalue weighted by Gasteiger charge is 2.27. The molecule has 0 bridgehead atoms. The van der Waals surface area contributed by atoms with Crippen molar-refractivity contribution in [1.29, 1.82) is 0 Å². The van der Waals surface area contributed by atoms with Gasteiger partial charge in [0.2, 0.25) is 0 Å². The molecular formula is C14H19N3O3. The Morgan fingerprint density at radius 2 is 2.20 bits per heavy atom. The van der Waals surface area contributed by atoms with Crippen molar-refractivity contribution in [3.05, 3.63) is 33.9 Å². The van der Waals surface area contributed by atoms with E-state index in [4.69, 9.17) is 0 Å². The predicted octanol–water partition coefficient (Wildman–Crippen LogP) is 2.65. The first-order valence-electron chi connectivity index (χ1n) is 6.84. The van der Waals surface area contributed by atoms with E-state index in [0.29, 0.717) is 17.8 Å². The quantitative estimate of drug-likeness (QED) is 0.663. The van der Waals surface area contributed by atoms with E-state index >= 15 is 0 Å². The summed E-state index contributed by atoms with van der Waals surface area (Å²) in [5.74, 6) is -0.152. The largest absolute Gasteiger partial charge is 0.380 e. The second-order valence-corrected chi connectivity index (χ2v) is 5.02. The average Bonchev–Trinajstić information content (AvgIpc) is 2.36. The van der Waals surface area contributed by atoms with Gasteiger partial charge in [0, 0.05) is 31.3 Å². The first kappa shape index (κ1) is 14.3. The molecule has 0 radical (unpaired) electrons. The molecule has 0 atom stereocenters. The fourth-order valence-corrected chi connectivity index (χ4v) is 2.30. The molecule has 0 aliphatic heterocycles. The van der Waals surface area contributed by atoms with Crippen LogP contribution in [0.3, 0.4) is 0 Å². The summed E-state index contributed by atoms with van der Waals surface area (Å²) < 4.78 is 0. The Kier molecular flexibility index (Phi) is 4.22. The minimum absolute atomic E-state index is 0.0558. The molecule has 1 aromatic rings. The van der Waals surface area contributed by atoms with Gasteiger partial charge in [0.1, 0.15) is 5.69 Å². The van der Waals surface area contributed by atoms with Gasteiger partial charge < -0.3 is 10.2 Å². The maximum absolute atomic E-state index is 12.3. The number of hydrogen-bond acceptors (Lipinski definition) is 4. The molecule has 0 heterocycles. The molecule has 0 spiro atoms. The molecule has 1 aliphatic rings. The van der Waals surface area contributed by atoms with Crippen LogP contribution in [-0.4, -0.2) is 35.4 Å². The summed E-state index contributed by atoms with van der Waals surface area (Å²) >= 11 is 0. The fourth-order valence-electron chi connectivity index (χ4n) is 2.30. The maximum Gasteiger partial charge on any atom is 0.293 e. The third kappa shape index (κ3) is 2.74. The smallest absolute Gasteiger partial charge is 0.293 e. The first-order chi connectivity index (χ1) is 9.54. The van der Waals surface area contributed by atoms with Gasteiger partial charge in [-0.1, -0.05) is 0 Å². The number of benzene rings is 1. The van der Waals surface area contributed by atoms with E-state index in [9.17, 15) is 14.9 Å². The number of rotatable bonds is 5. The number of nitro groups is 1. The fraction of sp³-hybridized carbons (Fsp3) is 0.500. The minimum atomic E-state index is -0.460. The molecule has 1 N–H and O–H groups in total. The van der Waals surface area contributed by atoms with Crippen LogP contribution in [0.4, 0.5) is 11.4 Å². The third-order valence-corrected chi connectivity index (χ3v) is 3.75. The lowest BCUT2D eigenvalue weighted by Gasteiger charge is -2.34. The van der Waals surface area contributed by atoms with Crippen molar-refractivity contribution < 1.29 is 9.72 Å². The summed E-state index contributed by atoms with van der Waals surface area (Å²) in [6.07, 6.45) is 3.17. The van der Waals surface area contributed by atoms with Crippen LogP contribution in [0.15, 0.2) is 18.2 Å². The van der Waals surface area contributed by atoms with Gasteiger partial charge in [-0.05, 0) is 38.3 Å². The Labute approximate surface area is 117 Å².